The van der Waals surface area contributed by atoms with Crippen molar-refractivity contribution in [3.05, 3.63) is 46.9 Å². The number of H-pyrrole nitrogens is 1. The van der Waals surface area contributed by atoms with Gasteiger partial charge in [0.05, 0.1) is 17.6 Å². The van der Waals surface area contributed by atoms with Crippen molar-refractivity contribution in [2.75, 3.05) is 0 Å². The zero-order chi connectivity index (χ0) is 21.7. The van der Waals surface area contributed by atoms with Gasteiger partial charge in [0, 0.05) is 35.3 Å². The van der Waals surface area contributed by atoms with Crippen LogP contribution in [0.4, 0.5) is 0 Å². The van der Waals surface area contributed by atoms with Crippen LogP contribution in [0.2, 0.25) is 0 Å². The molecule has 1 N–H and O–H groups in total. The highest BCUT2D eigenvalue weighted by molar-refractivity contribution is 6.28. The molecular formula is C22H21N3O5. The SMILES string of the molecule is Cc1ccc2c(c1C)c(/C1=C/C(=O)OC(C)C(=O)OC1=O)c(-c1nc[nH]c1C)n2C. The molecule has 0 aliphatic carbocycles. The second-order valence-electron chi connectivity index (χ2n) is 7.41. The summed E-state index contributed by atoms with van der Waals surface area (Å²) in [6.07, 6.45) is 1.49. The van der Waals surface area contributed by atoms with Gasteiger partial charge in [-0.3, -0.25) is 0 Å². The van der Waals surface area contributed by atoms with Gasteiger partial charge in [-0.1, -0.05) is 6.07 Å². The number of carbonyl (C=O) groups excluding carboxylic acids is 3. The van der Waals surface area contributed by atoms with Gasteiger partial charge in [0.1, 0.15) is 5.69 Å². The van der Waals surface area contributed by atoms with Crippen molar-refractivity contribution in [1.29, 1.82) is 0 Å². The molecule has 2 aromatic heterocycles. The van der Waals surface area contributed by atoms with Gasteiger partial charge in [-0.2, -0.15) is 0 Å². The Morgan fingerprint density at radius 2 is 1.87 bits per heavy atom. The van der Waals surface area contributed by atoms with Crippen LogP contribution in [0, 0.1) is 20.8 Å². The smallest absolute Gasteiger partial charge is 0.355 e. The normalized spacial score (nSPS) is 19.2. The summed E-state index contributed by atoms with van der Waals surface area (Å²) in [6, 6.07) is 3.94. The molecule has 1 aromatic carbocycles. The van der Waals surface area contributed by atoms with E-state index in [0.717, 1.165) is 33.8 Å². The number of rotatable bonds is 2. The van der Waals surface area contributed by atoms with E-state index in [1.165, 1.54) is 6.92 Å². The summed E-state index contributed by atoms with van der Waals surface area (Å²) in [5.74, 6) is -2.59. The van der Waals surface area contributed by atoms with E-state index in [4.69, 9.17) is 9.47 Å². The highest BCUT2D eigenvalue weighted by Gasteiger charge is 2.33. The summed E-state index contributed by atoms with van der Waals surface area (Å²) in [6.45, 7) is 7.14. The van der Waals surface area contributed by atoms with Crippen molar-refractivity contribution >= 4 is 34.4 Å². The molecule has 8 heteroatoms. The molecule has 30 heavy (non-hydrogen) atoms. The number of carbonyl (C=O) groups is 3. The van der Waals surface area contributed by atoms with Crippen molar-refractivity contribution < 1.29 is 23.9 Å². The van der Waals surface area contributed by atoms with Crippen LogP contribution in [0.3, 0.4) is 0 Å². The first-order valence-corrected chi connectivity index (χ1v) is 9.48. The number of imidazole rings is 1. The Morgan fingerprint density at radius 1 is 1.13 bits per heavy atom. The van der Waals surface area contributed by atoms with Gasteiger partial charge in [0.25, 0.3) is 0 Å². The molecule has 0 saturated carbocycles. The maximum absolute atomic E-state index is 13.0. The number of hydrogen-bond acceptors (Lipinski definition) is 6. The minimum absolute atomic E-state index is 0.0445. The molecule has 0 spiro atoms. The largest absolute Gasteiger partial charge is 0.447 e. The third-order valence-corrected chi connectivity index (χ3v) is 5.52. The number of hydrogen-bond donors (Lipinski definition) is 1. The van der Waals surface area contributed by atoms with Crippen molar-refractivity contribution in [2.45, 2.75) is 33.8 Å². The molecule has 0 amide bonds. The summed E-state index contributed by atoms with van der Waals surface area (Å²) in [5, 5.41) is 0.784. The average molecular weight is 407 g/mol. The third-order valence-electron chi connectivity index (χ3n) is 5.52. The lowest BCUT2D eigenvalue weighted by molar-refractivity contribution is -0.169. The predicted octanol–water partition coefficient (Wildman–Crippen LogP) is 2.89. The van der Waals surface area contributed by atoms with Gasteiger partial charge < -0.3 is 19.0 Å². The number of nitrogens with one attached hydrogen (secondary N) is 1. The predicted molar refractivity (Wildman–Crippen MR) is 109 cm³/mol. The number of aromatic amines is 1. The third kappa shape index (κ3) is 2.92. The lowest BCUT2D eigenvalue weighted by atomic mass is 9.95. The van der Waals surface area contributed by atoms with Crippen molar-refractivity contribution in [3.8, 4) is 11.4 Å². The summed E-state index contributed by atoms with van der Waals surface area (Å²) in [4.78, 5) is 44.9. The number of fused-ring (bicyclic) bond motifs is 1. The molecule has 1 atom stereocenters. The monoisotopic (exact) mass is 407 g/mol. The Labute approximate surface area is 172 Å². The van der Waals surface area contributed by atoms with E-state index in [2.05, 4.69) is 9.97 Å². The number of esters is 3. The van der Waals surface area contributed by atoms with Crippen LogP contribution < -0.4 is 0 Å². The number of cyclic esters (lactones) is 3. The topological polar surface area (TPSA) is 103 Å². The highest BCUT2D eigenvalue weighted by atomic mass is 16.6. The van der Waals surface area contributed by atoms with Crippen molar-refractivity contribution in [2.24, 2.45) is 7.05 Å². The van der Waals surface area contributed by atoms with Crippen molar-refractivity contribution in [3.63, 3.8) is 0 Å². The average Bonchev–Trinajstić information content (AvgIpc) is 3.22. The van der Waals surface area contributed by atoms with E-state index >= 15 is 0 Å². The molecule has 4 rings (SSSR count). The van der Waals surface area contributed by atoms with Gasteiger partial charge in [-0.05, 0) is 44.9 Å². The van der Waals surface area contributed by atoms with Crippen LogP contribution >= 0.6 is 0 Å². The molecule has 8 nitrogen and oxygen atoms in total. The number of aromatic nitrogens is 3. The zero-order valence-electron chi connectivity index (χ0n) is 17.3. The molecule has 0 radical (unpaired) electrons. The van der Waals surface area contributed by atoms with E-state index in [9.17, 15) is 14.4 Å². The Morgan fingerprint density at radius 3 is 2.53 bits per heavy atom. The number of nitrogens with zero attached hydrogens (tertiary/aromatic N) is 2. The minimum Gasteiger partial charge on any atom is -0.447 e. The fourth-order valence-corrected chi connectivity index (χ4v) is 3.78. The lowest BCUT2D eigenvalue weighted by Gasteiger charge is -2.16. The first-order chi connectivity index (χ1) is 14.2. The second-order valence-corrected chi connectivity index (χ2v) is 7.41. The second kappa shape index (κ2) is 6.98. The van der Waals surface area contributed by atoms with Crippen LogP contribution in [0.15, 0.2) is 24.5 Å². The Balaban J connectivity index is 2.13. The molecule has 0 saturated heterocycles. The molecule has 0 fully saturated rings. The molecule has 154 valence electrons. The maximum Gasteiger partial charge on any atom is 0.355 e. The quantitative estimate of drug-likeness (QED) is 0.518. The van der Waals surface area contributed by atoms with Gasteiger partial charge in [-0.25, -0.2) is 19.4 Å². The van der Waals surface area contributed by atoms with Gasteiger partial charge in [0.15, 0.2) is 6.10 Å². The van der Waals surface area contributed by atoms with E-state index in [-0.39, 0.29) is 5.57 Å². The van der Waals surface area contributed by atoms with Crippen LogP contribution in [0.1, 0.15) is 29.3 Å². The van der Waals surface area contributed by atoms with E-state index < -0.39 is 24.0 Å². The standard InChI is InChI=1S/C22H21N3O5/c1-10-6-7-15-17(11(10)2)18(20(25(15)5)19-12(3)23-9-24-19)14-8-16(26)29-13(4)21(27)30-22(14)28/h6-9,13H,1-5H3,(H,23,24)/b14-8-. The molecular weight excluding hydrogens is 386 g/mol. The van der Waals surface area contributed by atoms with Crippen molar-refractivity contribution in [1.82, 2.24) is 14.5 Å². The van der Waals surface area contributed by atoms with Crippen LogP contribution in [0.25, 0.3) is 27.9 Å². The Hall–Kier alpha value is -3.68. The molecule has 3 heterocycles. The molecule has 1 aliphatic rings. The molecule has 3 aromatic rings. The van der Waals surface area contributed by atoms with Crippen LogP contribution in [0.5, 0.6) is 0 Å². The fraction of sp³-hybridized carbons (Fsp3) is 0.273. The lowest BCUT2D eigenvalue weighted by Crippen LogP contribution is -2.30. The first kappa shape index (κ1) is 19.6. The van der Waals surface area contributed by atoms with Gasteiger partial charge in [-0.15, -0.1) is 0 Å². The Kier molecular flexibility index (Phi) is 4.57. The zero-order valence-corrected chi connectivity index (χ0v) is 17.3. The van der Waals surface area contributed by atoms with E-state index in [0.29, 0.717) is 17.0 Å². The minimum atomic E-state index is -1.16. The maximum atomic E-state index is 13.0. The summed E-state index contributed by atoms with van der Waals surface area (Å²) < 4.78 is 12.0. The van der Waals surface area contributed by atoms with E-state index in [1.807, 2.05) is 44.5 Å². The number of ether oxygens (including phenoxy) is 2. The van der Waals surface area contributed by atoms with Gasteiger partial charge >= 0.3 is 17.9 Å². The summed E-state index contributed by atoms with van der Waals surface area (Å²) in [5.41, 5.74) is 5.32. The summed E-state index contributed by atoms with van der Waals surface area (Å²) >= 11 is 0. The molecule has 1 aliphatic heterocycles. The van der Waals surface area contributed by atoms with Gasteiger partial charge in [0.2, 0.25) is 0 Å². The Bertz CT molecular complexity index is 1260. The fourth-order valence-electron chi connectivity index (χ4n) is 3.78. The number of aryl methyl sites for hydroxylation is 4. The molecule has 1 unspecified atom stereocenters. The molecule has 0 bridgehead atoms. The summed E-state index contributed by atoms with van der Waals surface area (Å²) in [7, 11) is 1.87. The van der Waals surface area contributed by atoms with Crippen LogP contribution in [-0.4, -0.2) is 38.5 Å². The van der Waals surface area contributed by atoms with E-state index in [1.54, 1.807) is 6.33 Å². The number of benzene rings is 1. The highest BCUT2D eigenvalue weighted by Crippen LogP contribution is 2.40. The first-order valence-electron chi connectivity index (χ1n) is 9.48. The van der Waals surface area contributed by atoms with Crippen LogP contribution in [-0.2, 0) is 30.9 Å².